The Kier molecular flexibility index (Phi) is 5.68. The topological polar surface area (TPSA) is 99.9 Å². The highest BCUT2D eigenvalue weighted by atomic mass is 19.1. The van der Waals surface area contributed by atoms with Gasteiger partial charge in [-0.2, -0.15) is 0 Å². The van der Waals surface area contributed by atoms with Crippen LogP contribution in [0.5, 0.6) is 0 Å². The first-order chi connectivity index (χ1) is 17.4. The molecule has 6 rings (SSSR count). The maximum Gasteiger partial charge on any atom is 0.166 e. The molecule has 2 aromatic heterocycles. The highest BCUT2D eigenvalue weighted by Gasteiger charge is 2.28. The minimum Gasteiger partial charge on any atom is -0.384 e. The van der Waals surface area contributed by atoms with Crippen LogP contribution in [0.2, 0.25) is 0 Å². The normalized spacial score (nSPS) is 18.3. The van der Waals surface area contributed by atoms with E-state index in [4.69, 9.17) is 5.73 Å². The molecule has 2 aliphatic rings. The number of nitrogen functional groups attached to an aromatic ring is 1. The second-order valence-electron chi connectivity index (χ2n) is 9.97. The maximum atomic E-state index is 13.2. The Hall–Kier alpha value is -3.78. The van der Waals surface area contributed by atoms with Crippen molar-refractivity contribution in [1.29, 1.82) is 0 Å². The van der Waals surface area contributed by atoms with Crippen LogP contribution >= 0.6 is 0 Å². The number of hydrogen-bond acceptors (Lipinski definition) is 6. The molecule has 36 heavy (non-hydrogen) atoms. The Labute approximate surface area is 208 Å². The zero-order valence-corrected chi connectivity index (χ0v) is 20.2. The van der Waals surface area contributed by atoms with Crippen LogP contribution in [0.15, 0.2) is 48.5 Å². The number of Topliss-reactive ketones (excluding diaryl/α,β-unsaturated/α-hetero) is 1. The number of fused-ring (bicyclic) bond motifs is 2. The summed E-state index contributed by atoms with van der Waals surface area (Å²) in [7, 11) is 0. The number of nitrogens with two attached hydrogens (primary N) is 1. The summed E-state index contributed by atoms with van der Waals surface area (Å²) in [6.07, 6.45) is 2.52. The maximum absolute atomic E-state index is 13.2. The number of nitrogens with zero attached hydrogens (tertiary/aromatic N) is 3. The number of carbonyl (C=O) groups excluding carboxylic acids is 1. The number of ketones is 1. The molecule has 0 aliphatic carbocycles. The quantitative estimate of drug-likeness (QED) is 0.352. The largest absolute Gasteiger partial charge is 0.384 e. The van der Waals surface area contributed by atoms with Gasteiger partial charge in [-0.3, -0.25) is 9.69 Å². The summed E-state index contributed by atoms with van der Waals surface area (Å²) >= 11 is 0. The number of H-pyrrole nitrogens is 1. The Bertz CT molecular complexity index is 1440. The predicted octanol–water partition coefficient (Wildman–Crippen LogP) is 4.79. The van der Waals surface area contributed by atoms with Crippen LogP contribution in [-0.4, -0.2) is 38.7 Å². The van der Waals surface area contributed by atoms with E-state index in [1.807, 2.05) is 13.0 Å². The fraction of sp³-hybridized carbons (Fsp3) is 0.321. The van der Waals surface area contributed by atoms with Crippen molar-refractivity contribution in [2.24, 2.45) is 5.92 Å². The molecule has 1 atom stereocenters. The lowest BCUT2D eigenvalue weighted by atomic mass is 9.88. The van der Waals surface area contributed by atoms with Gasteiger partial charge in [0, 0.05) is 29.3 Å². The summed E-state index contributed by atoms with van der Waals surface area (Å²) < 4.78 is 13.2. The van der Waals surface area contributed by atoms with E-state index >= 15 is 0 Å². The van der Waals surface area contributed by atoms with Crippen LogP contribution in [0, 0.1) is 18.7 Å². The van der Waals surface area contributed by atoms with Gasteiger partial charge in [-0.15, -0.1) is 0 Å². The minimum atomic E-state index is -0.313. The summed E-state index contributed by atoms with van der Waals surface area (Å²) in [5.74, 6) is 1.13. The highest BCUT2D eigenvalue weighted by molar-refractivity contribution is 5.97. The molecule has 0 amide bonds. The first kappa shape index (κ1) is 22.7. The van der Waals surface area contributed by atoms with Gasteiger partial charge >= 0.3 is 0 Å². The summed E-state index contributed by atoms with van der Waals surface area (Å²) in [5, 5.41) is 3.64. The van der Waals surface area contributed by atoms with Gasteiger partial charge in [0.2, 0.25) is 0 Å². The molecule has 4 aromatic rings. The first-order valence-electron chi connectivity index (χ1n) is 12.5. The third kappa shape index (κ3) is 4.33. The number of nitrogens with one attached hydrogen (secondary N) is 2. The van der Waals surface area contributed by atoms with Crippen LogP contribution in [0.1, 0.15) is 51.8 Å². The average Bonchev–Trinajstić information content (AvgIpc) is 3.46. The number of pyridine rings is 1. The van der Waals surface area contributed by atoms with Crippen LogP contribution in [0.3, 0.4) is 0 Å². The monoisotopic (exact) mass is 484 g/mol. The van der Waals surface area contributed by atoms with E-state index in [-0.39, 0.29) is 23.6 Å². The van der Waals surface area contributed by atoms with Crippen molar-refractivity contribution in [2.45, 2.75) is 38.8 Å². The van der Waals surface area contributed by atoms with Gasteiger partial charge in [0.25, 0.3) is 0 Å². The smallest absolute Gasteiger partial charge is 0.166 e. The number of halogens is 1. The summed E-state index contributed by atoms with van der Waals surface area (Å²) in [6.45, 7) is 4.54. The van der Waals surface area contributed by atoms with Crippen molar-refractivity contribution in [3.05, 3.63) is 82.4 Å². The molecule has 184 valence electrons. The standard InChI is InChI=1S/C28H29FN6O/c1-16-31-26-22(14-25(30)34-28(26)32-16)24-13-20-12-17(2-7-23(20)33-24)15-35-10-8-19(9-11-35)27(36)18-3-5-21(29)6-4-18/h2-7,12,14,19,24,33H,8-11,13,15H2,1H3,(H3,30,31,32,34). The molecule has 8 heteroatoms. The van der Waals surface area contributed by atoms with E-state index in [0.29, 0.717) is 11.4 Å². The number of benzene rings is 2. The van der Waals surface area contributed by atoms with Gasteiger partial charge in [0.05, 0.1) is 6.04 Å². The van der Waals surface area contributed by atoms with Crippen LogP contribution in [0.25, 0.3) is 11.2 Å². The number of carbonyl (C=O) groups is 1. The lowest BCUT2D eigenvalue weighted by molar-refractivity contribution is 0.0835. The Morgan fingerprint density at radius 1 is 1.11 bits per heavy atom. The van der Waals surface area contributed by atoms with Gasteiger partial charge in [-0.05, 0) is 86.8 Å². The van der Waals surface area contributed by atoms with Gasteiger partial charge < -0.3 is 16.0 Å². The molecule has 4 heterocycles. The molecule has 0 bridgehead atoms. The van der Waals surface area contributed by atoms with E-state index in [2.05, 4.69) is 43.4 Å². The molecule has 7 nitrogen and oxygen atoms in total. The first-order valence-corrected chi connectivity index (χ1v) is 12.5. The fourth-order valence-electron chi connectivity index (χ4n) is 5.58. The number of aryl methyl sites for hydroxylation is 1. The number of rotatable bonds is 5. The molecule has 4 N–H and O–H groups in total. The number of aromatic nitrogens is 3. The lowest BCUT2D eigenvalue weighted by Crippen LogP contribution is -2.36. The molecular weight excluding hydrogens is 455 g/mol. The zero-order chi connectivity index (χ0) is 24.8. The second-order valence-corrected chi connectivity index (χ2v) is 9.97. The minimum absolute atomic E-state index is 0.00648. The Morgan fingerprint density at radius 3 is 2.67 bits per heavy atom. The number of likely N-dealkylation sites (tertiary alicyclic amines) is 1. The van der Waals surface area contributed by atoms with E-state index in [9.17, 15) is 9.18 Å². The second kappa shape index (κ2) is 9.02. The summed E-state index contributed by atoms with van der Waals surface area (Å²) in [5.41, 5.74) is 13.0. The van der Waals surface area contributed by atoms with E-state index in [0.717, 1.165) is 67.1 Å². The van der Waals surface area contributed by atoms with Gasteiger partial charge in [-0.1, -0.05) is 12.1 Å². The molecule has 0 radical (unpaired) electrons. The van der Waals surface area contributed by atoms with Crippen molar-refractivity contribution in [3.8, 4) is 0 Å². The number of aromatic amines is 1. The van der Waals surface area contributed by atoms with Crippen LogP contribution in [0.4, 0.5) is 15.9 Å². The number of piperidine rings is 1. The summed E-state index contributed by atoms with van der Waals surface area (Å²) in [6, 6.07) is 14.5. The van der Waals surface area contributed by atoms with E-state index < -0.39 is 0 Å². The number of imidazole rings is 1. The predicted molar refractivity (Wildman–Crippen MR) is 138 cm³/mol. The lowest BCUT2D eigenvalue weighted by Gasteiger charge is -2.31. The van der Waals surface area contributed by atoms with Crippen molar-refractivity contribution in [2.75, 3.05) is 24.1 Å². The van der Waals surface area contributed by atoms with Crippen molar-refractivity contribution in [3.63, 3.8) is 0 Å². The highest BCUT2D eigenvalue weighted by Crippen LogP contribution is 2.37. The van der Waals surface area contributed by atoms with Crippen molar-refractivity contribution >= 4 is 28.5 Å². The van der Waals surface area contributed by atoms with Crippen LogP contribution in [-0.2, 0) is 13.0 Å². The molecule has 0 saturated carbocycles. The van der Waals surface area contributed by atoms with Gasteiger partial charge in [0.1, 0.15) is 23.0 Å². The molecule has 2 aromatic carbocycles. The number of hydrogen-bond donors (Lipinski definition) is 3. The molecular formula is C28H29FN6O. The Morgan fingerprint density at radius 2 is 1.89 bits per heavy atom. The summed E-state index contributed by atoms with van der Waals surface area (Å²) in [4.78, 5) is 27.4. The molecule has 2 aliphatic heterocycles. The SMILES string of the molecule is Cc1nc2c(C3Cc4cc(CN5CCC(C(=O)c6ccc(F)cc6)CC5)ccc4N3)cc(N)nc2[nH]1. The molecule has 1 saturated heterocycles. The van der Waals surface area contributed by atoms with E-state index in [1.165, 1.54) is 23.3 Å². The average molecular weight is 485 g/mol. The van der Waals surface area contributed by atoms with Crippen molar-refractivity contribution in [1.82, 2.24) is 19.9 Å². The van der Waals surface area contributed by atoms with Crippen LogP contribution < -0.4 is 11.1 Å². The van der Waals surface area contributed by atoms with Gasteiger partial charge in [0.15, 0.2) is 11.4 Å². The van der Waals surface area contributed by atoms with Gasteiger partial charge in [-0.25, -0.2) is 14.4 Å². The van der Waals surface area contributed by atoms with Crippen molar-refractivity contribution < 1.29 is 9.18 Å². The zero-order valence-electron chi connectivity index (χ0n) is 20.2. The third-order valence-corrected chi connectivity index (χ3v) is 7.41. The third-order valence-electron chi connectivity index (χ3n) is 7.41. The molecule has 1 fully saturated rings. The Balaban J connectivity index is 1.10. The number of anilines is 2. The molecule has 1 unspecified atom stereocenters. The van der Waals surface area contributed by atoms with E-state index in [1.54, 1.807) is 12.1 Å². The fourth-order valence-corrected chi connectivity index (χ4v) is 5.58. The molecule has 0 spiro atoms.